The van der Waals surface area contributed by atoms with Crippen LogP contribution in [0, 0.1) is 5.82 Å². The zero-order valence-corrected chi connectivity index (χ0v) is 32.6. The van der Waals surface area contributed by atoms with E-state index in [1.807, 2.05) is 12.1 Å². The molecule has 0 atom stereocenters. The van der Waals surface area contributed by atoms with Gasteiger partial charge in [-0.2, -0.15) is 0 Å². The Morgan fingerprint density at radius 1 is 0.526 bits per heavy atom. The van der Waals surface area contributed by atoms with Gasteiger partial charge in [0.25, 0.3) is 6.71 Å². The normalized spacial score (nSPS) is 15.6. The zero-order valence-electron chi connectivity index (χ0n) is 31.6. The van der Waals surface area contributed by atoms with E-state index in [-0.39, 0.29) is 17.9 Å². The van der Waals surface area contributed by atoms with Crippen molar-refractivity contribution in [3.8, 4) is 11.5 Å². The second-order valence-electron chi connectivity index (χ2n) is 16.1. The Morgan fingerprint density at radius 2 is 1.12 bits per heavy atom. The molecule has 0 fully saturated rings. The highest BCUT2D eigenvalue weighted by Crippen LogP contribution is 2.55. The number of hydrogen-bond donors (Lipinski definition) is 0. The van der Waals surface area contributed by atoms with E-state index in [0.29, 0.717) is 0 Å². The van der Waals surface area contributed by atoms with Crippen LogP contribution in [0.2, 0.25) is 0 Å². The summed E-state index contributed by atoms with van der Waals surface area (Å²) in [5.41, 5.74) is 11.3. The molecule has 0 amide bonds. The molecule has 4 aliphatic heterocycles. The van der Waals surface area contributed by atoms with Crippen molar-refractivity contribution in [3.63, 3.8) is 0 Å². The quantitative estimate of drug-likeness (QED) is 0.170. The van der Waals surface area contributed by atoms with Gasteiger partial charge in [-0.25, -0.2) is 4.39 Å². The molecule has 12 rings (SSSR count). The minimum absolute atomic E-state index is 0.186. The summed E-state index contributed by atoms with van der Waals surface area (Å²) in [6.45, 7) is 4.37. The van der Waals surface area contributed by atoms with Gasteiger partial charge in [0.2, 0.25) is 0 Å². The Balaban J connectivity index is 1.23. The van der Waals surface area contributed by atoms with Crippen LogP contribution in [-0.2, 0) is 5.41 Å². The van der Waals surface area contributed by atoms with Crippen molar-refractivity contribution in [1.82, 2.24) is 0 Å². The molecule has 0 saturated heterocycles. The molecule has 8 aromatic rings. The lowest BCUT2D eigenvalue weighted by molar-refractivity contribution is 0.419. The minimum Gasteiger partial charge on any atom is -0.455 e. The Bertz CT molecular complexity index is 2910. The van der Waals surface area contributed by atoms with Crippen LogP contribution in [0.25, 0.3) is 0 Å². The van der Waals surface area contributed by atoms with E-state index in [1.54, 1.807) is 12.1 Å². The van der Waals surface area contributed by atoms with Gasteiger partial charge in [-0.1, -0.05) is 159 Å². The molecule has 4 heterocycles. The number of benzene rings is 8. The molecular formula is C51H36BFN2OSi. The number of fused-ring (bicyclic) bond motifs is 9. The summed E-state index contributed by atoms with van der Waals surface area (Å²) >= 11 is 0. The van der Waals surface area contributed by atoms with Crippen LogP contribution in [0.15, 0.2) is 182 Å². The van der Waals surface area contributed by atoms with Crippen molar-refractivity contribution in [3.05, 3.63) is 199 Å². The van der Waals surface area contributed by atoms with E-state index in [0.717, 1.165) is 67.7 Å². The lowest BCUT2D eigenvalue weighted by Gasteiger charge is -2.51. The van der Waals surface area contributed by atoms with Crippen LogP contribution in [-0.4, -0.2) is 14.8 Å². The topological polar surface area (TPSA) is 15.7 Å². The Hall–Kier alpha value is -6.63. The number of halogens is 1. The minimum atomic E-state index is -2.91. The van der Waals surface area contributed by atoms with Gasteiger partial charge in [0.15, 0.2) is 13.8 Å². The monoisotopic (exact) mass is 750 g/mol. The smallest absolute Gasteiger partial charge is 0.252 e. The van der Waals surface area contributed by atoms with Crippen LogP contribution in [0.4, 0.5) is 38.5 Å². The van der Waals surface area contributed by atoms with Crippen LogP contribution < -0.4 is 51.7 Å². The summed E-state index contributed by atoms with van der Waals surface area (Å²) in [5.74, 6) is 1.40. The number of para-hydroxylation sites is 4. The highest BCUT2D eigenvalue weighted by atomic mass is 28.3. The lowest BCUT2D eigenvalue weighted by atomic mass is 9.33. The van der Waals surface area contributed by atoms with Crippen molar-refractivity contribution >= 4 is 86.0 Å². The summed E-state index contributed by atoms with van der Waals surface area (Å²) in [6.07, 6.45) is 0. The molecule has 0 bridgehead atoms. The Kier molecular flexibility index (Phi) is 6.69. The van der Waals surface area contributed by atoms with Crippen molar-refractivity contribution in [1.29, 1.82) is 0 Å². The number of rotatable bonds is 3. The van der Waals surface area contributed by atoms with Crippen molar-refractivity contribution in [2.75, 3.05) is 9.80 Å². The van der Waals surface area contributed by atoms with E-state index < -0.39 is 8.07 Å². The maximum atomic E-state index is 16.8. The Labute approximate surface area is 333 Å². The van der Waals surface area contributed by atoms with Gasteiger partial charge in [-0.15, -0.1) is 0 Å². The average Bonchev–Trinajstić information content (AvgIpc) is 3.25. The second-order valence-corrected chi connectivity index (χ2v) is 19.9. The van der Waals surface area contributed by atoms with Gasteiger partial charge in [0.05, 0.1) is 5.69 Å². The molecule has 4 aliphatic rings. The first-order valence-electron chi connectivity index (χ1n) is 19.8. The van der Waals surface area contributed by atoms with Gasteiger partial charge in [0.1, 0.15) is 11.6 Å². The lowest BCUT2D eigenvalue weighted by Crippen LogP contribution is -2.79. The number of anilines is 6. The molecule has 0 aliphatic carbocycles. The maximum Gasteiger partial charge on any atom is 0.252 e. The molecule has 0 spiro atoms. The molecule has 3 nitrogen and oxygen atoms in total. The third kappa shape index (κ3) is 4.20. The summed E-state index contributed by atoms with van der Waals surface area (Å²) in [5, 5.41) is 5.25. The van der Waals surface area contributed by atoms with E-state index in [4.69, 9.17) is 4.74 Å². The van der Waals surface area contributed by atoms with Gasteiger partial charge < -0.3 is 14.5 Å². The number of hydrogen-bond acceptors (Lipinski definition) is 3. The first-order valence-corrected chi connectivity index (χ1v) is 21.8. The first-order chi connectivity index (χ1) is 28.0. The fraction of sp³-hybridized carbons (Fsp3) is 0.0588. The number of ether oxygens (including phenoxy) is 1. The molecular weight excluding hydrogens is 714 g/mol. The molecule has 0 N–H and O–H groups in total. The van der Waals surface area contributed by atoms with Crippen molar-refractivity contribution < 1.29 is 9.13 Å². The largest absolute Gasteiger partial charge is 0.455 e. The van der Waals surface area contributed by atoms with Crippen LogP contribution in [0.5, 0.6) is 11.5 Å². The van der Waals surface area contributed by atoms with Crippen LogP contribution in [0.1, 0.15) is 25.0 Å². The molecule has 270 valence electrons. The molecule has 0 aromatic heterocycles. The Morgan fingerprint density at radius 3 is 1.86 bits per heavy atom. The highest BCUT2D eigenvalue weighted by Gasteiger charge is 2.54. The van der Waals surface area contributed by atoms with Crippen molar-refractivity contribution in [2.45, 2.75) is 19.3 Å². The van der Waals surface area contributed by atoms with Crippen LogP contribution >= 0.6 is 0 Å². The van der Waals surface area contributed by atoms with E-state index >= 15 is 4.39 Å². The second kappa shape index (κ2) is 11.7. The summed E-state index contributed by atoms with van der Waals surface area (Å²) in [7, 11) is -2.91. The molecule has 0 saturated carbocycles. The van der Waals surface area contributed by atoms with Crippen molar-refractivity contribution in [2.24, 2.45) is 0 Å². The van der Waals surface area contributed by atoms with E-state index in [9.17, 15) is 0 Å². The molecule has 6 heteroatoms. The molecule has 0 unspecified atom stereocenters. The van der Waals surface area contributed by atoms with E-state index in [1.165, 1.54) is 26.2 Å². The van der Waals surface area contributed by atoms with Gasteiger partial charge in [-0.3, -0.25) is 0 Å². The fourth-order valence-electron chi connectivity index (χ4n) is 10.7. The first kappa shape index (κ1) is 32.6. The van der Waals surface area contributed by atoms with Gasteiger partial charge in [-0.05, 0) is 73.5 Å². The van der Waals surface area contributed by atoms with E-state index in [2.05, 4.69) is 181 Å². The van der Waals surface area contributed by atoms with Gasteiger partial charge in [0, 0.05) is 45.0 Å². The summed E-state index contributed by atoms with van der Waals surface area (Å²) < 4.78 is 23.9. The average molecular weight is 751 g/mol. The summed E-state index contributed by atoms with van der Waals surface area (Å²) in [4.78, 5) is 4.65. The molecule has 0 radical (unpaired) electrons. The number of nitrogens with zero attached hydrogens (tertiary/aromatic N) is 2. The van der Waals surface area contributed by atoms with Gasteiger partial charge >= 0.3 is 0 Å². The SMILES string of the molecule is CC1(C)c2ccccc2Oc2c1ccc1c2N(c2ccccc2)c2cc(F)cc3c2B1c1cccc2c1N3c1ccccc1[Si]2(c1ccccc1)c1ccccc1. The third-order valence-electron chi connectivity index (χ3n) is 13.0. The van der Waals surface area contributed by atoms with Crippen LogP contribution in [0.3, 0.4) is 0 Å². The molecule has 57 heavy (non-hydrogen) atoms. The highest BCUT2D eigenvalue weighted by molar-refractivity contribution is 7.22. The summed E-state index contributed by atoms with van der Waals surface area (Å²) in [6, 6.07) is 64.9. The molecule has 8 aromatic carbocycles. The predicted molar refractivity (Wildman–Crippen MR) is 236 cm³/mol. The zero-order chi connectivity index (χ0) is 38.0. The standard InChI is InChI=1S/C51H36BFN2OSi/c1-51(2)37-23-12-14-26-44(37)56-50-38(51)29-30-40-49(50)54(34-17-6-3-7-18-34)42-31-33(53)32-43-47(42)52(40)39-24-16-28-46-48(39)55(43)41-25-13-15-27-45(41)57(46,35-19-8-4-9-20-35)36-21-10-5-11-22-36/h3-32H,1-2H3. The third-order valence-corrected chi connectivity index (χ3v) is 17.8. The predicted octanol–water partition coefficient (Wildman–Crippen LogP) is 8.03. The maximum absolute atomic E-state index is 16.8. The fourth-order valence-corrected chi connectivity index (χ4v) is 15.8.